The van der Waals surface area contributed by atoms with Crippen LogP contribution in [0.5, 0.6) is 0 Å². The number of hydrogen-bond acceptors (Lipinski definition) is 1. The van der Waals surface area contributed by atoms with Gasteiger partial charge in [-0.15, -0.1) is 0 Å². The summed E-state index contributed by atoms with van der Waals surface area (Å²) in [5.74, 6) is 0. The van der Waals surface area contributed by atoms with Crippen LogP contribution in [0.2, 0.25) is 5.02 Å². The maximum absolute atomic E-state index is 5.91. The number of aromatic nitrogens is 2. The first kappa shape index (κ1) is 7.83. The zero-order chi connectivity index (χ0) is 9.54. The predicted octanol–water partition coefficient (Wildman–Crippen LogP) is 3.37. The average molecular weight is 203 g/mol. The molecule has 14 heavy (non-hydrogen) atoms. The Labute approximate surface area is 85.5 Å². The molecule has 3 rings (SSSR count). The molecule has 0 aliphatic carbocycles. The summed E-state index contributed by atoms with van der Waals surface area (Å²) < 4.78 is 0. The molecule has 0 aliphatic rings. The van der Waals surface area contributed by atoms with Gasteiger partial charge in [-0.3, -0.25) is 4.98 Å². The van der Waals surface area contributed by atoms with Crippen molar-refractivity contribution in [1.29, 1.82) is 0 Å². The van der Waals surface area contributed by atoms with Gasteiger partial charge in [-0.1, -0.05) is 17.7 Å². The lowest BCUT2D eigenvalue weighted by Crippen LogP contribution is -1.68. The quantitative estimate of drug-likeness (QED) is 0.595. The molecule has 0 radical (unpaired) electrons. The Bertz CT molecular complexity index is 613. The summed E-state index contributed by atoms with van der Waals surface area (Å²) in [6, 6.07) is 7.85. The normalized spacial score (nSPS) is 11.2. The number of nitrogens with zero attached hydrogens (tertiary/aromatic N) is 1. The van der Waals surface area contributed by atoms with Crippen LogP contribution < -0.4 is 0 Å². The molecule has 1 N–H and O–H groups in total. The van der Waals surface area contributed by atoms with Gasteiger partial charge in [-0.05, 0) is 18.2 Å². The Morgan fingerprint density at radius 3 is 2.86 bits per heavy atom. The SMILES string of the molecule is Clc1ccc2c(c1)[nH]c1cnccc12. The van der Waals surface area contributed by atoms with Gasteiger partial charge in [0.2, 0.25) is 0 Å². The van der Waals surface area contributed by atoms with Gasteiger partial charge in [0, 0.05) is 27.5 Å². The first-order valence-electron chi connectivity index (χ1n) is 4.35. The molecular weight excluding hydrogens is 196 g/mol. The summed E-state index contributed by atoms with van der Waals surface area (Å²) in [6.07, 6.45) is 3.62. The second-order valence-corrected chi connectivity index (χ2v) is 3.67. The summed E-state index contributed by atoms with van der Waals surface area (Å²) in [7, 11) is 0. The number of nitrogens with one attached hydrogen (secondary N) is 1. The van der Waals surface area contributed by atoms with Crippen LogP contribution in [0.1, 0.15) is 0 Å². The van der Waals surface area contributed by atoms with Gasteiger partial charge in [-0.2, -0.15) is 0 Å². The van der Waals surface area contributed by atoms with Crippen LogP contribution >= 0.6 is 11.6 Å². The summed E-state index contributed by atoms with van der Waals surface area (Å²) in [5.41, 5.74) is 2.10. The highest BCUT2D eigenvalue weighted by Gasteiger charge is 2.03. The number of pyridine rings is 1. The van der Waals surface area contributed by atoms with Gasteiger partial charge in [0.1, 0.15) is 0 Å². The van der Waals surface area contributed by atoms with Crippen LogP contribution in [0.25, 0.3) is 21.8 Å². The van der Waals surface area contributed by atoms with Crippen molar-refractivity contribution in [2.75, 3.05) is 0 Å². The second kappa shape index (κ2) is 2.72. The Balaban J connectivity index is 2.57. The van der Waals surface area contributed by atoms with Crippen molar-refractivity contribution in [2.24, 2.45) is 0 Å². The van der Waals surface area contributed by atoms with Crippen molar-refractivity contribution in [3.8, 4) is 0 Å². The summed E-state index contributed by atoms with van der Waals surface area (Å²) >= 11 is 5.91. The molecule has 0 aliphatic heterocycles. The number of fused-ring (bicyclic) bond motifs is 3. The van der Waals surface area contributed by atoms with Crippen LogP contribution in [0.15, 0.2) is 36.7 Å². The number of hydrogen-bond donors (Lipinski definition) is 1. The van der Waals surface area contributed by atoms with Crippen LogP contribution in [-0.2, 0) is 0 Å². The Kier molecular flexibility index (Phi) is 1.52. The lowest BCUT2D eigenvalue weighted by atomic mass is 10.2. The predicted molar refractivity (Wildman–Crippen MR) is 58.6 cm³/mol. The minimum Gasteiger partial charge on any atom is -0.353 e. The molecule has 2 aromatic heterocycles. The minimum atomic E-state index is 0.747. The van der Waals surface area contributed by atoms with E-state index in [9.17, 15) is 0 Å². The van der Waals surface area contributed by atoms with E-state index in [0.717, 1.165) is 16.1 Å². The highest BCUT2D eigenvalue weighted by molar-refractivity contribution is 6.31. The fourth-order valence-electron chi connectivity index (χ4n) is 1.73. The fraction of sp³-hybridized carbons (Fsp3) is 0. The van der Waals surface area contributed by atoms with Crippen LogP contribution in [0.4, 0.5) is 0 Å². The summed E-state index contributed by atoms with van der Waals surface area (Å²) in [4.78, 5) is 7.34. The third-order valence-electron chi connectivity index (χ3n) is 2.36. The van der Waals surface area contributed by atoms with Crippen molar-refractivity contribution in [2.45, 2.75) is 0 Å². The number of halogens is 1. The van der Waals surface area contributed by atoms with Crippen molar-refractivity contribution in [3.63, 3.8) is 0 Å². The second-order valence-electron chi connectivity index (χ2n) is 3.24. The monoisotopic (exact) mass is 202 g/mol. The van der Waals surface area contributed by atoms with Crippen molar-refractivity contribution >= 4 is 33.4 Å². The highest BCUT2D eigenvalue weighted by atomic mass is 35.5. The van der Waals surface area contributed by atoms with Crippen molar-refractivity contribution < 1.29 is 0 Å². The van der Waals surface area contributed by atoms with Crippen LogP contribution in [0.3, 0.4) is 0 Å². The third kappa shape index (κ3) is 1.01. The minimum absolute atomic E-state index is 0.747. The van der Waals surface area contributed by atoms with E-state index in [-0.39, 0.29) is 0 Å². The number of aromatic amines is 1. The van der Waals surface area contributed by atoms with Crippen LogP contribution in [0, 0.1) is 0 Å². The first-order chi connectivity index (χ1) is 6.84. The Hall–Kier alpha value is -1.54. The lowest BCUT2D eigenvalue weighted by Gasteiger charge is -1.90. The van der Waals surface area contributed by atoms with Crippen LogP contribution in [-0.4, -0.2) is 9.97 Å². The largest absolute Gasteiger partial charge is 0.353 e. The van der Waals surface area contributed by atoms with E-state index in [1.807, 2.05) is 30.5 Å². The number of H-pyrrole nitrogens is 1. The molecule has 2 nitrogen and oxygen atoms in total. The molecule has 3 heteroatoms. The van der Waals surface area contributed by atoms with Gasteiger partial charge in [0.05, 0.1) is 11.7 Å². The molecule has 68 valence electrons. The van der Waals surface area contributed by atoms with E-state index in [4.69, 9.17) is 11.6 Å². The standard InChI is InChI=1S/C11H7ClN2/c12-7-1-2-8-9-3-4-13-6-11(9)14-10(8)5-7/h1-6,14H. The Morgan fingerprint density at radius 2 is 1.93 bits per heavy atom. The number of benzene rings is 1. The molecule has 0 bridgehead atoms. The molecule has 0 amide bonds. The molecule has 1 aromatic carbocycles. The van der Waals surface area contributed by atoms with Crippen molar-refractivity contribution in [3.05, 3.63) is 41.7 Å². The maximum atomic E-state index is 5.91. The van der Waals surface area contributed by atoms with Gasteiger partial charge >= 0.3 is 0 Å². The molecule has 0 saturated heterocycles. The van der Waals surface area contributed by atoms with E-state index in [1.54, 1.807) is 6.20 Å². The molecule has 3 aromatic rings. The molecule has 2 heterocycles. The molecular formula is C11H7ClN2. The smallest absolute Gasteiger partial charge is 0.0651 e. The maximum Gasteiger partial charge on any atom is 0.0651 e. The number of rotatable bonds is 0. The van der Waals surface area contributed by atoms with E-state index in [0.29, 0.717) is 0 Å². The topological polar surface area (TPSA) is 28.7 Å². The molecule has 0 fully saturated rings. The van der Waals surface area contributed by atoms with E-state index < -0.39 is 0 Å². The van der Waals surface area contributed by atoms with Crippen molar-refractivity contribution in [1.82, 2.24) is 9.97 Å². The van der Waals surface area contributed by atoms with Gasteiger partial charge in [-0.25, -0.2) is 0 Å². The summed E-state index contributed by atoms with van der Waals surface area (Å²) in [6.45, 7) is 0. The van der Waals surface area contributed by atoms with Gasteiger partial charge in [0.15, 0.2) is 0 Å². The molecule has 0 atom stereocenters. The fourth-order valence-corrected chi connectivity index (χ4v) is 1.90. The third-order valence-corrected chi connectivity index (χ3v) is 2.60. The van der Waals surface area contributed by atoms with E-state index in [1.165, 1.54) is 10.8 Å². The molecule has 0 spiro atoms. The highest BCUT2D eigenvalue weighted by Crippen LogP contribution is 2.26. The van der Waals surface area contributed by atoms with Gasteiger partial charge in [0.25, 0.3) is 0 Å². The molecule has 0 unspecified atom stereocenters. The van der Waals surface area contributed by atoms with E-state index >= 15 is 0 Å². The van der Waals surface area contributed by atoms with Gasteiger partial charge < -0.3 is 4.98 Å². The zero-order valence-corrected chi connectivity index (χ0v) is 8.05. The molecule has 0 saturated carbocycles. The van der Waals surface area contributed by atoms with E-state index in [2.05, 4.69) is 9.97 Å². The average Bonchev–Trinajstić information content (AvgIpc) is 2.54. The summed E-state index contributed by atoms with van der Waals surface area (Å²) in [5, 5.41) is 3.12. The first-order valence-corrected chi connectivity index (χ1v) is 4.73. The Morgan fingerprint density at radius 1 is 1.07 bits per heavy atom. The lowest BCUT2D eigenvalue weighted by molar-refractivity contribution is 1.35. The zero-order valence-electron chi connectivity index (χ0n) is 7.29.